The number of Topliss-reactive ketones (excluding diaryl/α,β-unsaturated/α-hetero) is 1. The number of anilines is 1. The molecule has 1 aliphatic heterocycles. The van der Waals surface area contributed by atoms with Gasteiger partial charge in [0.15, 0.2) is 5.78 Å². The minimum absolute atomic E-state index is 0.0409. The predicted molar refractivity (Wildman–Crippen MR) is 92.4 cm³/mol. The van der Waals surface area contributed by atoms with Crippen LogP contribution in [0.1, 0.15) is 27.9 Å². The van der Waals surface area contributed by atoms with Crippen LogP contribution >= 0.6 is 11.3 Å². The molecule has 0 amide bonds. The number of fused-ring (bicyclic) bond motifs is 1. The molecule has 2 heterocycles. The third-order valence-electron chi connectivity index (χ3n) is 3.96. The lowest BCUT2D eigenvalue weighted by Crippen LogP contribution is -2.30. The molecule has 1 aromatic carbocycles. The second kappa shape index (κ2) is 6.14. The maximum absolute atomic E-state index is 12.4. The van der Waals surface area contributed by atoms with E-state index < -0.39 is 10.0 Å². The van der Waals surface area contributed by atoms with Crippen molar-refractivity contribution in [3.63, 3.8) is 0 Å². The molecule has 0 aliphatic carbocycles. The maximum atomic E-state index is 12.4. The van der Waals surface area contributed by atoms with Gasteiger partial charge in [-0.2, -0.15) is 5.10 Å². The Balaban J connectivity index is 1.86. The molecule has 2 aromatic rings. The van der Waals surface area contributed by atoms with Crippen LogP contribution in [0.2, 0.25) is 0 Å². The van der Waals surface area contributed by atoms with Crippen molar-refractivity contribution in [2.24, 2.45) is 0 Å². The Morgan fingerprint density at radius 1 is 1.38 bits per heavy atom. The van der Waals surface area contributed by atoms with Crippen LogP contribution in [0, 0.1) is 6.92 Å². The Kier molecular flexibility index (Phi) is 4.31. The molecule has 1 aromatic heterocycles. The summed E-state index contributed by atoms with van der Waals surface area (Å²) in [6.45, 7) is 3.61. The first-order chi connectivity index (χ1) is 11.3. The molecule has 0 unspecified atom stereocenters. The minimum atomic E-state index is -3.30. The fourth-order valence-electron chi connectivity index (χ4n) is 2.73. The number of sulfonamides is 1. The van der Waals surface area contributed by atoms with Gasteiger partial charge in [-0.05, 0) is 44.0 Å². The summed E-state index contributed by atoms with van der Waals surface area (Å²) >= 11 is 1.00. The third kappa shape index (κ3) is 3.01. The van der Waals surface area contributed by atoms with Crippen molar-refractivity contribution in [3.05, 3.63) is 44.0 Å². The molecule has 24 heavy (non-hydrogen) atoms. The second-order valence-corrected chi connectivity index (χ2v) is 8.86. The van der Waals surface area contributed by atoms with E-state index >= 15 is 0 Å². The Hall–Kier alpha value is -2.00. The maximum Gasteiger partial charge on any atom is 0.325 e. The lowest BCUT2D eigenvalue weighted by Gasteiger charge is -2.18. The van der Waals surface area contributed by atoms with Crippen molar-refractivity contribution >= 4 is 32.8 Å². The van der Waals surface area contributed by atoms with Gasteiger partial charge < -0.3 is 0 Å². The summed E-state index contributed by atoms with van der Waals surface area (Å²) in [6, 6.07) is 4.99. The van der Waals surface area contributed by atoms with Crippen molar-refractivity contribution in [3.8, 4) is 0 Å². The number of aryl methyl sites for hydroxylation is 1. The zero-order valence-corrected chi connectivity index (χ0v) is 15.0. The van der Waals surface area contributed by atoms with E-state index in [2.05, 4.69) is 5.10 Å². The normalized spacial score (nSPS) is 14.0. The highest BCUT2D eigenvalue weighted by Gasteiger charge is 2.28. The van der Waals surface area contributed by atoms with Crippen molar-refractivity contribution in [2.75, 3.05) is 16.6 Å². The van der Waals surface area contributed by atoms with Crippen molar-refractivity contribution < 1.29 is 13.2 Å². The number of nitrogens with zero attached hydrogens (tertiary/aromatic N) is 3. The molecule has 9 heteroatoms. The van der Waals surface area contributed by atoms with E-state index in [9.17, 15) is 18.0 Å². The number of carbonyl (C=O) groups is 1. The van der Waals surface area contributed by atoms with Crippen LogP contribution in [0.25, 0.3) is 0 Å². The first-order valence-electron chi connectivity index (χ1n) is 7.53. The van der Waals surface area contributed by atoms with Gasteiger partial charge in [0.05, 0.1) is 11.4 Å². The van der Waals surface area contributed by atoms with E-state index in [1.165, 1.54) is 4.31 Å². The predicted octanol–water partition coefficient (Wildman–Crippen LogP) is 1.21. The first-order valence-corrected chi connectivity index (χ1v) is 9.95. The van der Waals surface area contributed by atoms with Crippen LogP contribution in [0.15, 0.2) is 23.0 Å². The summed E-state index contributed by atoms with van der Waals surface area (Å²) in [5.41, 5.74) is 1.93. The zero-order chi connectivity index (χ0) is 17.5. The summed E-state index contributed by atoms with van der Waals surface area (Å²) in [6.07, 6.45) is 0.575. The smallest absolute Gasteiger partial charge is 0.292 e. The summed E-state index contributed by atoms with van der Waals surface area (Å²) in [5.74, 6) is -0.179. The fraction of sp³-hybridized carbons (Fsp3) is 0.400. The van der Waals surface area contributed by atoms with Gasteiger partial charge >= 0.3 is 4.87 Å². The quantitative estimate of drug-likeness (QED) is 0.741. The van der Waals surface area contributed by atoms with Crippen LogP contribution in [-0.4, -0.2) is 36.3 Å². The monoisotopic (exact) mass is 367 g/mol. The Labute approximate surface area is 143 Å². The number of hydrogen-bond donors (Lipinski definition) is 0. The number of aromatic nitrogens is 2. The Morgan fingerprint density at radius 2 is 2.12 bits per heavy atom. The Morgan fingerprint density at radius 3 is 2.75 bits per heavy atom. The van der Waals surface area contributed by atoms with Gasteiger partial charge in [-0.25, -0.2) is 13.1 Å². The van der Waals surface area contributed by atoms with Crippen molar-refractivity contribution in [1.82, 2.24) is 9.78 Å². The molecule has 0 fully saturated rings. The molecule has 0 radical (unpaired) electrons. The van der Waals surface area contributed by atoms with Gasteiger partial charge in [-0.15, -0.1) is 0 Å². The van der Waals surface area contributed by atoms with E-state index in [4.69, 9.17) is 0 Å². The SMILES string of the molecule is CCS(=O)(=O)N1CCc2cc(C(=O)Cn3nc(C)sc3=O)ccc21. The summed E-state index contributed by atoms with van der Waals surface area (Å²) in [7, 11) is -3.30. The van der Waals surface area contributed by atoms with Crippen molar-refractivity contribution in [2.45, 2.75) is 26.8 Å². The van der Waals surface area contributed by atoms with E-state index in [1.807, 2.05) is 0 Å². The summed E-state index contributed by atoms with van der Waals surface area (Å²) < 4.78 is 26.7. The Bertz CT molecular complexity index is 959. The van der Waals surface area contributed by atoms with Crippen LogP contribution in [-0.2, 0) is 23.0 Å². The highest BCUT2D eigenvalue weighted by Crippen LogP contribution is 2.31. The highest BCUT2D eigenvalue weighted by molar-refractivity contribution is 7.92. The molecule has 0 N–H and O–H groups in total. The number of ketones is 1. The van der Waals surface area contributed by atoms with Crippen LogP contribution < -0.4 is 9.18 Å². The van der Waals surface area contributed by atoms with Gasteiger partial charge in [0, 0.05) is 12.1 Å². The molecule has 128 valence electrons. The number of rotatable bonds is 5. The zero-order valence-electron chi connectivity index (χ0n) is 13.4. The van der Waals surface area contributed by atoms with Crippen LogP contribution in [0.4, 0.5) is 5.69 Å². The van der Waals surface area contributed by atoms with Gasteiger partial charge in [0.2, 0.25) is 10.0 Å². The molecule has 0 atom stereocenters. The molecule has 0 saturated heterocycles. The largest absolute Gasteiger partial charge is 0.325 e. The second-order valence-electron chi connectivity index (χ2n) is 5.53. The number of hydrogen-bond acceptors (Lipinski definition) is 6. The molecule has 0 saturated carbocycles. The number of benzene rings is 1. The number of carbonyl (C=O) groups excluding carboxylic acids is 1. The van der Waals surface area contributed by atoms with E-state index in [1.54, 1.807) is 32.0 Å². The van der Waals surface area contributed by atoms with E-state index in [-0.39, 0.29) is 23.0 Å². The molecule has 7 nitrogen and oxygen atoms in total. The van der Waals surface area contributed by atoms with Crippen molar-refractivity contribution in [1.29, 1.82) is 0 Å². The lowest BCUT2D eigenvalue weighted by atomic mass is 10.1. The molecule has 0 spiro atoms. The van der Waals surface area contributed by atoms with Gasteiger partial charge in [-0.1, -0.05) is 11.3 Å². The van der Waals surface area contributed by atoms with Gasteiger partial charge in [-0.3, -0.25) is 13.9 Å². The fourth-order valence-corrected chi connectivity index (χ4v) is 4.49. The highest BCUT2D eigenvalue weighted by atomic mass is 32.2. The minimum Gasteiger partial charge on any atom is -0.292 e. The van der Waals surface area contributed by atoms with Gasteiger partial charge in [0.25, 0.3) is 0 Å². The lowest BCUT2D eigenvalue weighted by molar-refractivity contribution is 0.0966. The molecular weight excluding hydrogens is 350 g/mol. The average Bonchev–Trinajstić information content (AvgIpc) is 3.10. The summed E-state index contributed by atoms with van der Waals surface area (Å²) in [5, 5.41) is 4.63. The topological polar surface area (TPSA) is 89.3 Å². The average molecular weight is 367 g/mol. The molecular formula is C15H17N3O4S2. The van der Waals surface area contributed by atoms with Gasteiger partial charge in [0.1, 0.15) is 11.6 Å². The van der Waals surface area contributed by atoms with Crippen LogP contribution in [0.3, 0.4) is 0 Å². The summed E-state index contributed by atoms with van der Waals surface area (Å²) in [4.78, 5) is 23.8. The molecule has 1 aliphatic rings. The van der Waals surface area contributed by atoms with E-state index in [0.717, 1.165) is 21.6 Å². The van der Waals surface area contributed by atoms with E-state index in [0.29, 0.717) is 29.2 Å². The third-order valence-corrected chi connectivity index (χ3v) is 6.50. The van der Waals surface area contributed by atoms with Crippen LogP contribution in [0.5, 0.6) is 0 Å². The molecule has 0 bridgehead atoms. The standard InChI is InChI=1S/C15H17N3O4S2/c1-3-24(21,22)18-7-6-11-8-12(4-5-13(11)18)14(19)9-17-15(20)23-10(2)16-17/h4-5,8H,3,6-7,9H2,1-2H3. The molecule has 3 rings (SSSR count). The first kappa shape index (κ1) is 16.8.